The number of anilines is 2. The van der Waals surface area contributed by atoms with Gasteiger partial charge in [0, 0.05) is 25.0 Å². The van der Waals surface area contributed by atoms with Crippen molar-refractivity contribution >= 4 is 35.0 Å². The Morgan fingerprint density at radius 2 is 1.94 bits per heavy atom. The third kappa shape index (κ3) is 4.73. The van der Waals surface area contributed by atoms with Gasteiger partial charge in [0.1, 0.15) is 17.7 Å². The van der Waals surface area contributed by atoms with Crippen molar-refractivity contribution in [1.29, 1.82) is 0 Å². The molecular formula is C20H18ClF4N3O3. The molecule has 1 aliphatic rings. The summed E-state index contributed by atoms with van der Waals surface area (Å²) in [5, 5.41) is 9.22. The zero-order valence-electron chi connectivity index (χ0n) is 16.5. The third-order valence-corrected chi connectivity index (χ3v) is 5.41. The molecule has 0 bridgehead atoms. The Balaban J connectivity index is 1.99. The van der Waals surface area contributed by atoms with Gasteiger partial charge in [-0.25, -0.2) is 9.37 Å². The van der Waals surface area contributed by atoms with E-state index in [0.29, 0.717) is 0 Å². The van der Waals surface area contributed by atoms with Crippen molar-refractivity contribution in [1.82, 2.24) is 4.98 Å². The van der Waals surface area contributed by atoms with E-state index >= 15 is 0 Å². The molecule has 0 spiro atoms. The lowest BCUT2D eigenvalue weighted by molar-refractivity contribution is -0.141. The molecule has 0 saturated carbocycles. The van der Waals surface area contributed by atoms with E-state index in [1.165, 1.54) is 31.0 Å². The maximum Gasteiger partial charge on any atom is 0.416 e. The predicted molar refractivity (Wildman–Crippen MR) is 106 cm³/mol. The predicted octanol–water partition coefficient (Wildman–Crippen LogP) is 4.14. The summed E-state index contributed by atoms with van der Waals surface area (Å²) in [6.45, 7) is 1.20. The molecule has 0 aliphatic carbocycles. The summed E-state index contributed by atoms with van der Waals surface area (Å²) in [5.41, 5.74) is -0.615. The number of carboxylic acids is 1. The Morgan fingerprint density at radius 1 is 1.26 bits per heavy atom. The number of carbonyl (C=O) groups excluding carboxylic acids is 1. The minimum absolute atomic E-state index is 0.0773. The van der Waals surface area contributed by atoms with Gasteiger partial charge < -0.3 is 14.9 Å². The number of carboxylic acid groups (broad SMARTS) is 1. The average Bonchev–Trinajstić information content (AvgIpc) is 3.13. The number of amides is 1. The highest BCUT2D eigenvalue weighted by atomic mass is 35.5. The molecule has 31 heavy (non-hydrogen) atoms. The molecule has 1 aromatic heterocycles. The van der Waals surface area contributed by atoms with Crippen LogP contribution in [0.15, 0.2) is 30.3 Å². The molecule has 2 aromatic rings. The lowest BCUT2D eigenvalue weighted by Crippen LogP contribution is -2.44. The van der Waals surface area contributed by atoms with Crippen molar-refractivity contribution in [2.45, 2.75) is 25.6 Å². The summed E-state index contributed by atoms with van der Waals surface area (Å²) in [6.07, 6.45) is -4.75. The van der Waals surface area contributed by atoms with E-state index in [0.717, 1.165) is 23.1 Å². The number of halogens is 5. The Bertz CT molecular complexity index is 1030. The van der Waals surface area contributed by atoms with Crippen LogP contribution in [0.25, 0.3) is 0 Å². The van der Waals surface area contributed by atoms with E-state index in [9.17, 15) is 32.3 Å². The van der Waals surface area contributed by atoms with Crippen LogP contribution in [0.5, 0.6) is 0 Å². The summed E-state index contributed by atoms with van der Waals surface area (Å²) in [7, 11) is 1.39. The van der Waals surface area contributed by atoms with E-state index in [-0.39, 0.29) is 35.2 Å². The third-order valence-electron chi connectivity index (χ3n) is 5.12. The lowest BCUT2D eigenvalue weighted by Gasteiger charge is -2.29. The highest BCUT2D eigenvalue weighted by Crippen LogP contribution is 2.35. The van der Waals surface area contributed by atoms with Crippen LogP contribution in [0.1, 0.15) is 17.7 Å². The number of likely N-dealkylation sites (N-methyl/N-ethyl adjacent to an activating group) is 1. The highest BCUT2D eigenvalue weighted by Gasteiger charge is 2.43. The van der Waals surface area contributed by atoms with Gasteiger partial charge in [-0.15, -0.1) is 0 Å². The standard InChI is InChI=1S/C20H18ClF4N3O3/c1-10-5-12(20(23,24)25)7-17(26-10)28-9-11(19(30)31)6-16(28)18(29)27(2)13-3-4-15(22)14(21)8-13/h3-5,7-8,11,16H,6,9H2,1-2H3,(H,30,31)/t11-,16?/m0/s1. The molecule has 3 rings (SSSR count). The second-order valence-electron chi connectivity index (χ2n) is 7.29. The molecule has 1 N–H and O–H groups in total. The van der Waals surface area contributed by atoms with Gasteiger partial charge in [0.2, 0.25) is 5.91 Å². The molecule has 11 heteroatoms. The van der Waals surface area contributed by atoms with E-state index < -0.39 is 41.4 Å². The molecule has 1 fully saturated rings. The first-order valence-corrected chi connectivity index (χ1v) is 9.54. The van der Waals surface area contributed by atoms with Crippen LogP contribution in [0.4, 0.5) is 29.1 Å². The fourth-order valence-corrected chi connectivity index (χ4v) is 3.68. The number of hydrogen-bond donors (Lipinski definition) is 1. The van der Waals surface area contributed by atoms with Crippen molar-refractivity contribution in [3.63, 3.8) is 0 Å². The maximum absolute atomic E-state index is 13.5. The Morgan fingerprint density at radius 3 is 2.52 bits per heavy atom. The number of aromatic nitrogens is 1. The quantitative estimate of drug-likeness (QED) is 0.695. The van der Waals surface area contributed by atoms with E-state index in [2.05, 4.69) is 4.98 Å². The van der Waals surface area contributed by atoms with Crippen molar-refractivity contribution in [2.75, 3.05) is 23.4 Å². The van der Waals surface area contributed by atoms with Crippen molar-refractivity contribution < 1.29 is 32.3 Å². The lowest BCUT2D eigenvalue weighted by atomic mass is 10.1. The average molecular weight is 460 g/mol. The summed E-state index contributed by atoms with van der Waals surface area (Å²) in [6, 6.07) is 4.22. The monoisotopic (exact) mass is 459 g/mol. The summed E-state index contributed by atoms with van der Waals surface area (Å²) >= 11 is 5.77. The molecular weight excluding hydrogens is 442 g/mol. The smallest absolute Gasteiger partial charge is 0.416 e. The summed E-state index contributed by atoms with van der Waals surface area (Å²) in [5.74, 6) is -3.54. The van der Waals surface area contributed by atoms with Crippen molar-refractivity contribution in [3.05, 3.63) is 52.4 Å². The molecule has 0 radical (unpaired) electrons. The number of alkyl halides is 3. The van der Waals surface area contributed by atoms with Gasteiger partial charge >= 0.3 is 12.1 Å². The van der Waals surface area contributed by atoms with Crippen LogP contribution >= 0.6 is 11.6 Å². The molecule has 1 amide bonds. The SMILES string of the molecule is Cc1cc(C(F)(F)F)cc(N2C[C@@H](C(=O)O)CC2C(=O)N(C)c2ccc(F)c(Cl)c2)n1. The molecule has 1 aliphatic heterocycles. The fourth-order valence-electron chi connectivity index (χ4n) is 3.51. The van der Waals surface area contributed by atoms with E-state index in [1.54, 1.807) is 0 Å². The number of aliphatic carboxylic acids is 1. The molecule has 166 valence electrons. The van der Waals surface area contributed by atoms with Gasteiger partial charge in [-0.2, -0.15) is 13.2 Å². The topological polar surface area (TPSA) is 73.7 Å². The van der Waals surface area contributed by atoms with Gasteiger partial charge in [0.15, 0.2) is 0 Å². The minimum atomic E-state index is -4.63. The molecule has 2 heterocycles. The molecule has 1 aromatic carbocycles. The fraction of sp³-hybridized carbons (Fsp3) is 0.350. The Hall–Kier alpha value is -2.88. The van der Waals surface area contributed by atoms with Crippen LogP contribution < -0.4 is 9.80 Å². The normalized spacial score (nSPS) is 18.9. The first kappa shape index (κ1) is 22.8. The number of rotatable bonds is 4. The molecule has 1 unspecified atom stereocenters. The van der Waals surface area contributed by atoms with Crippen molar-refractivity contribution in [2.24, 2.45) is 5.92 Å². The zero-order chi connectivity index (χ0) is 23.1. The van der Waals surface area contributed by atoms with Gasteiger partial charge in [-0.05, 0) is 43.7 Å². The van der Waals surface area contributed by atoms with Crippen LogP contribution in [-0.4, -0.2) is 41.6 Å². The van der Waals surface area contributed by atoms with Crippen LogP contribution in [0.3, 0.4) is 0 Å². The highest BCUT2D eigenvalue weighted by molar-refractivity contribution is 6.31. The number of aryl methyl sites for hydroxylation is 1. The van der Waals surface area contributed by atoms with Crippen molar-refractivity contribution in [3.8, 4) is 0 Å². The Labute approximate surface area is 180 Å². The van der Waals surface area contributed by atoms with Gasteiger partial charge in [-0.1, -0.05) is 11.6 Å². The number of hydrogen-bond acceptors (Lipinski definition) is 4. The maximum atomic E-state index is 13.5. The second kappa shape index (κ2) is 8.33. The van der Waals surface area contributed by atoms with Gasteiger partial charge in [0.25, 0.3) is 0 Å². The van der Waals surface area contributed by atoms with Crippen LogP contribution in [0, 0.1) is 18.7 Å². The Kier molecular flexibility index (Phi) is 6.13. The molecule has 1 saturated heterocycles. The van der Waals surface area contributed by atoms with Gasteiger partial charge in [-0.3, -0.25) is 9.59 Å². The largest absolute Gasteiger partial charge is 0.481 e. The summed E-state index contributed by atoms with van der Waals surface area (Å²) in [4.78, 5) is 31.3. The molecule has 2 atom stereocenters. The first-order valence-electron chi connectivity index (χ1n) is 9.16. The number of carbonyl (C=O) groups is 2. The van der Waals surface area contributed by atoms with E-state index in [1.807, 2.05) is 0 Å². The number of nitrogens with zero attached hydrogens (tertiary/aromatic N) is 3. The number of benzene rings is 1. The van der Waals surface area contributed by atoms with Gasteiger partial charge in [0.05, 0.1) is 16.5 Å². The number of pyridine rings is 1. The van der Waals surface area contributed by atoms with Crippen LogP contribution in [0.2, 0.25) is 5.02 Å². The first-order chi connectivity index (χ1) is 14.4. The summed E-state index contributed by atoms with van der Waals surface area (Å²) < 4.78 is 53.2. The van der Waals surface area contributed by atoms with Crippen LogP contribution in [-0.2, 0) is 15.8 Å². The van der Waals surface area contributed by atoms with E-state index in [4.69, 9.17) is 11.6 Å². The zero-order valence-corrected chi connectivity index (χ0v) is 17.2. The minimum Gasteiger partial charge on any atom is -0.481 e. The molecule has 6 nitrogen and oxygen atoms in total. The second-order valence-corrected chi connectivity index (χ2v) is 7.70.